The lowest BCUT2D eigenvalue weighted by atomic mass is 9.69. The molecular weight excluding hydrogens is 256 g/mol. The van der Waals surface area contributed by atoms with Gasteiger partial charge in [0.05, 0.1) is 16.8 Å². The van der Waals surface area contributed by atoms with Gasteiger partial charge in [0.25, 0.3) is 0 Å². The van der Waals surface area contributed by atoms with Gasteiger partial charge in [-0.3, -0.25) is 0 Å². The van der Waals surface area contributed by atoms with Gasteiger partial charge in [-0.25, -0.2) is 0 Å². The second-order valence-electron chi connectivity index (χ2n) is 6.88. The summed E-state index contributed by atoms with van der Waals surface area (Å²) in [5.74, 6) is -1.69. The lowest BCUT2D eigenvalue weighted by molar-refractivity contribution is -0.331. The van der Waals surface area contributed by atoms with Crippen LogP contribution in [0.15, 0.2) is 0 Å². The first-order valence-corrected chi connectivity index (χ1v) is 7.75. The monoisotopic (exact) mass is 285 g/mol. The SMILES string of the molecule is CCCC(O)(CCC)[C@@]1(C)CC[C@@H](C(=O)[O-])C(C)(C)O1. The third-order valence-electron chi connectivity index (χ3n) is 4.83. The molecule has 0 radical (unpaired) electrons. The zero-order valence-corrected chi connectivity index (χ0v) is 13.5. The number of hydrogen-bond acceptors (Lipinski definition) is 4. The molecule has 0 aromatic carbocycles. The van der Waals surface area contributed by atoms with Crippen molar-refractivity contribution in [3.8, 4) is 0 Å². The molecule has 4 nitrogen and oxygen atoms in total. The van der Waals surface area contributed by atoms with Gasteiger partial charge in [0.1, 0.15) is 0 Å². The standard InChI is InChI=1S/C16H30O4/c1-6-9-16(19,10-7-2)15(5)11-8-12(13(17)18)14(3,4)20-15/h12,19H,6-11H2,1-5H3,(H,17,18)/p-1/t12-,15+/m0/s1. The third kappa shape index (κ3) is 3.17. The van der Waals surface area contributed by atoms with Crippen molar-refractivity contribution in [3.63, 3.8) is 0 Å². The summed E-state index contributed by atoms with van der Waals surface area (Å²) in [5.41, 5.74) is -2.42. The quantitative estimate of drug-likeness (QED) is 0.810. The molecule has 0 saturated carbocycles. The molecule has 1 fully saturated rings. The maximum absolute atomic E-state index is 11.2. The summed E-state index contributed by atoms with van der Waals surface area (Å²) in [6.45, 7) is 9.57. The van der Waals surface area contributed by atoms with Crippen LogP contribution in [-0.2, 0) is 9.53 Å². The number of carbonyl (C=O) groups excluding carboxylic acids is 1. The normalized spacial score (nSPS) is 30.2. The molecule has 4 heteroatoms. The number of aliphatic hydroxyl groups is 1. The summed E-state index contributed by atoms with van der Waals surface area (Å²) in [6, 6.07) is 0. The molecule has 0 aliphatic carbocycles. The molecule has 1 heterocycles. The van der Waals surface area contributed by atoms with Crippen LogP contribution in [0.2, 0.25) is 0 Å². The van der Waals surface area contributed by atoms with Crippen LogP contribution in [0.25, 0.3) is 0 Å². The van der Waals surface area contributed by atoms with Crippen LogP contribution < -0.4 is 5.11 Å². The molecule has 1 rings (SSSR count). The number of carboxylic acid groups (broad SMARTS) is 1. The first-order valence-electron chi connectivity index (χ1n) is 7.75. The highest BCUT2D eigenvalue weighted by molar-refractivity contribution is 5.69. The Morgan fingerprint density at radius 1 is 1.30 bits per heavy atom. The van der Waals surface area contributed by atoms with Gasteiger partial charge in [-0.15, -0.1) is 0 Å². The molecule has 0 bridgehead atoms. The summed E-state index contributed by atoms with van der Waals surface area (Å²) < 4.78 is 6.13. The molecule has 0 aromatic rings. The lowest BCUT2D eigenvalue weighted by Gasteiger charge is -2.55. The summed E-state index contributed by atoms with van der Waals surface area (Å²) in [7, 11) is 0. The molecule has 0 spiro atoms. The van der Waals surface area contributed by atoms with E-state index in [4.69, 9.17) is 4.74 Å². The summed E-state index contributed by atoms with van der Waals surface area (Å²) in [5, 5.41) is 22.3. The Labute approximate surface area is 122 Å². The number of rotatable bonds is 6. The Morgan fingerprint density at radius 3 is 2.15 bits per heavy atom. The second-order valence-corrected chi connectivity index (χ2v) is 6.88. The topological polar surface area (TPSA) is 69.6 Å². The predicted molar refractivity (Wildman–Crippen MR) is 76.1 cm³/mol. The highest BCUT2D eigenvalue weighted by Gasteiger charge is 2.53. The minimum absolute atomic E-state index is 0.488. The van der Waals surface area contributed by atoms with Crippen LogP contribution in [0.5, 0.6) is 0 Å². The number of carbonyl (C=O) groups is 1. The van der Waals surface area contributed by atoms with Gasteiger partial charge in [0, 0.05) is 11.9 Å². The maximum Gasteiger partial charge on any atom is 0.0947 e. The fourth-order valence-electron chi connectivity index (χ4n) is 3.68. The zero-order chi connectivity index (χ0) is 15.6. The molecule has 0 unspecified atom stereocenters. The van der Waals surface area contributed by atoms with Gasteiger partial charge in [-0.1, -0.05) is 26.7 Å². The first kappa shape index (κ1) is 17.4. The van der Waals surface area contributed by atoms with Crippen LogP contribution in [0.4, 0.5) is 0 Å². The van der Waals surface area contributed by atoms with Crippen molar-refractivity contribution in [3.05, 3.63) is 0 Å². The van der Waals surface area contributed by atoms with Crippen molar-refractivity contribution in [1.82, 2.24) is 0 Å². The number of carboxylic acids is 1. The minimum atomic E-state index is -1.06. The largest absolute Gasteiger partial charge is 0.550 e. The smallest absolute Gasteiger partial charge is 0.0947 e. The van der Waals surface area contributed by atoms with Crippen LogP contribution in [-0.4, -0.2) is 27.9 Å². The van der Waals surface area contributed by atoms with Gasteiger partial charge in [-0.2, -0.15) is 0 Å². The van der Waals surface area contributed by atoms with Crippen molar-refractivity contribution in [2.24, 2.45) is 5.92 Å². The van der Waals surface area contributed by atoms with Crippen LogP contribution >= 0.6 is 0 Å². The highest BCUT2D eigenvalue weighted by atomic mass is 16.5. The Bertz CT molecular complexity index is 344. The molecule has 20 heavy (non-hydrogen) atoms. The fraction of sp³-hybridized carbons (Fsp3) is 0.938. The predicted octanol–water partition coefficient (Wildman–Crippen LogP) is 2.03. The van der Waals surface area contributed by atoms with Crippen LogP contribution in [0.1, 0.15) is 73.1 Å². The lowest BCUT2D eigenvalue weighted by Crippen LogP contribution is -2.63. The van der Waals surface area contributed by atoms with E-state index in [1.54, 1.807) is 13.8 Å². The van der Waals surface area contributed by atoms with E-state index in [1.807, 2.05) is 20.8 Å². The van der Waals surface area contributed by atoms with Gasteiger partial charge < -0.3 is 19.7 Å². The van der Waals surface area contributed by atoms with Gasteiger partial charge in [0.15, 0.2) is 0 Å². The van der Waals surface area contributed by atoms with Crippen LogP contribution in [0, 0.1) is 5.92 Å². The Hall–Kier alpha value is -0.610. The maximum atomic E-state index is 11.2. The summed E-state index contributed by atoms with van der Waals surface area (Å²) >= 11 is 0. The Balaban J connectivity index is 3.02. The van der Waals surface area contributed by atoms with E-state index in [0.717, 1.165) is 12.8 Å². The first-order chi connectivity index (χ1) is 9.12. The van der Waals surface area contributed by atoms with E-state index in [9.17, 15) is 15.0 Å². The van der Waals surface area contributed by atoms with Crippen molar-refractivity contribution in [1.29, 1.82) is 0 Å². The van der Waals surface area contributed by atoms with E-state index in [1.165, 1.54) is 0 Å². The fourth-order valence-corrected chi connectivity index (χ4v) is 3.68. The third-order valence-corrected chi connectivity index (χ3v) is 4.83. The minimum Gasteiger partial charge on any atom is -0.550 e. The Morgan fingerprint density at radius 2 is 1.80 bits per heavy atom. The molecule has 118 valence electrons. The van der Waals surface area contributed by atoms with Gasteiger partial charge >= 0.3 is 0 Å². The van der Waals surface area contributed by atoms with Crippen molar-refractivity contribution in [2.45, 2.75) is 89.9 Å². The van der Waals surface area contributed by atoms with Crippen molar-refractivity contribution in [2.75, 3.05) is 0 Å². The van der Waals surface area contributed by atoms with Crippen molar-refractivity contribution < 1.29 is 19.7 Å². The number of hydrogen-bond donors (Lipinski definition) is 1. The Kier molecular flexibility index (Phi) is 5.25. The molecule has 2 atom stereocenters. The zero-order valence-electron chi connectivity index (χ0n) is 13.5. The van der Waals surface area contributed by atoms with Crippen molar-refractivity contribution >= 4 is 5.97 Å². The molecule has 1 N–H and O–H groups in total. The molecule has 1 saturated heterocycles. The van der Waals surface area contributed by atoms with Gasteiger partial charge in [-0.05, 0) is 46.5 Å². The van der Waals surface area contributed by atoms with E-state index in [2.05, 4.69) is 0 Å². The van der Waals surface area contributed by atoms with Crippen LogP contribution in [0.3, 0.4) is 0 Å². The average Bonchev–Trinajstić information content (AvgIpc) is 2.27. The number of ether oxygens (including phenoxy) is 1. The van der Waals surface area contributed by atoms with E-state index in [-0.39, 0.29) is 0 Å². The summed E-state index contributed by atoms with van der Waals surface area (Å²) in [6.07, 6.45) is 4.12. The summed E-state index contributed by atoms with van der Waals surface area (Å²) in [4.78, 5) is 11.2. The van der Waals surface area contributed by atoms with E-state index >= 15 is 0 Å². The second kappa shape index (κ2) is 6.02. The number of aliphatic carboxylic acids is 1. The van der Waals surface area contributed by atoms with Gasteiger partial charge in [0.2, 0.25) is 0 Å². The molecule has 1 aliphatic rings. The molecule has 0 amide bonds. The highest BCUT2D eigenvalue weighted by Crippen LogP contribution is 2.47. The molecular formula is C16H29O4-. The molecule has 0 aromatic heterocycles. The van der Waals surface area contributed by atoms with E-state index < -0.39 is 28.7 Å². The van der Waals surface area contributed by atoms with E-state index in [0.29, 0.717) is 25.7 Å². The molecule has 1 aliphatic heterocycles. The average molecular weight is 285 g/mol.